The van der Waals surface area contributed by atoms with Gasteiger partial charge in [0.2, 0.25) is 20.0 Å². The summed E-state index contributed by atoms with van der Waals surface area (Å²) in [5.74, 6) is -0.198. The largest absolute Gasteiger partial charge is 0.314 e. The van der Waals surface area contributed by atoms with E-state index in [9.17, 15) is 16.8 Å². The number of likely N-dealkylation sites (tertiary alicyclic amines) is 1. The molecule has 3 rings (SSSR count). The SMILES string of the molecule is CCN1CCCC1CN(CCS(=O)(=O)N1CCNCC1)S(=O)(=O)c1cc(C)ccc1C. The van der Waals surface area contributed by atoms with E-state index in [-0.39, 0.29) is 23.2 Å². The maximum atomic E-state index is 13.7. The zero-order chi connectivity index (χ0) is 22.6. The highest BCUT2D eigenvalue weighted by atomic mass is 32.2. The Balaban J connectivity index is 1.86. The lowest BCUT2D eigenvalue weighted by molar-refractivity contribution is 0.229. The lowest BCUT2D eigenvalue weighted by Gasteiger charge is -2.31. The molecular formula is C21H36N4O4S2. The predicted octanol–water partition coefficient (Wildman–Crippen LogP) is 1.01. The first-order chi connectivity index (χ1) is 14.6. The number of aryl methyl sites for hydroxylation is 2. The highest BCUT2D eigenvalue weighted by Crippen LogP contribution is 2.25. The van der Waals surface area contributed by atoms with Crippen LogP contribution >= 0.6 is 0 Å². The van der Waals surface area contributed by atoms with Gasteiger partial charge in [-0.3, -0.25) is 4.90 Å². The molecule has 2 saturated heterocycles. The molecule has 0 aliphatic carbocycles. The van der Waals surface area contributed by atoms with Gasteiger partial charge >= 0.3 is 0 Å². The maximum absolute atomic E-state index is 13.7. The van der Waals surface area contributed by atoms with Crippen LogP contribution < -0.4 is 5.32 Å². The fraction of sp³-hybridized carbons (Fsp3) is 0.714. The zero-order valence-electron chi connectivity index (χ0n) is 18.9. The first kappa shape index (κ1) is 24.6. The third-order valence-corrected chi connectivity index (χ3v) is 10.2. The topological polar surface area (TPSA) is 90.0 Å². The van der Waals surface area contributed by atoms with Crippen LogP contribution in [-0.2, 0) is 20.0 Å². The Bertz CT molecular complexity index is 960. The molecule has 8 nitrogen and oxygen atoms in total. The molecule has 1 aromatic rings. The van der Waals surface area contributed by atoms with E-state index in [2.05, 4.69) is 17.1 Å². The molecule has 10 heteroatoms. The molecule has 1 N–H and O–H groups in total. The van der Waals surface area contributed by atoms with E-state index in [1.54, 1.807) is 13.0 Å². The number of rotatable bonds is 9. The second-order valence-electron chi connectivity index (χ2n) is 8.52. The average Bonchev–Trinajstić information content (AvgIpc) is 3.20. The van der Waals surface area contributed by atoms with Gasteiger partial charge in [-0.25, -0.2) is 16.8 Å². The Morgan fingerprint density at radius 2 is 1.81 bits per heavy atom. The van der Waals surface area contributed by atoms with Crippen molar-refractivity contribution in [2.75, 3.05) is 58.1 Å². The molecule has 1 unspecified atom stereocenters. The standard InChI is InChI=1S/C21H36N4O4S2/c1-4-23-11-5-6-20(23)17-25(14-15-30(26,27)24-12-9-22-10-13-24)31(28,29)21-16-18(2)7-8-19(21)3/h7-8,16,20,22H,4-6,9-15,17H2,1-3H3. The number of nitrogens with one attached hydrogen (secondary N) is 1. The number of piperazine rings is 1. The minimum absolute atomic E-state index is 0.0317. The highest BCUT2D eigenvalue weighted by molar-refractivity contribution is 7.90. The monoisotopic (exact) mass is 472 g/mol. The van der Waals surface area contributed by atoms with Crippen molar-refractivity contribution >= 4 is 20.0 Å². The summed E-state index contributed by atoms with van der Waals surface area (Å²) in [6.07, 6.45) is 1.96. The molecule has 31 heavy (non-hydrogen) atoms. The highest BCUT2D eigenvalue weighted by Gasteiger charge is 2.34. The molecule has 0 radical (unpaired) electrons. The second kappa shape index (κ2) is 10.3. The summed E-state index contributed by atoms with van der Waals surface area (Å²) in [4.78, 5) is 2.56. The molecule has 1 atom stereocenters. The third-order valence-electron chi connectivity index (χ3n) is 6.35. The van der Waals surface area contributed by atoms with Crippen molar-refractivity contribution in [2.45, 2.75) is 44.6 Å². The van der Waals surface area contributed by atoms with Crippen LogP contribution in [0.2, 0.25) is 0 Å². The average molecular weight is 473 g/mol. The molecule has 0 spiro atoms. The van der Waals surface area contributed by atoms with E-state index in [1.165, 1.54) is 8.61 Å². The molecule has 2 aliphatic heterocycles. The van der Waals surface area contributed by atoms with Crippen LogP contribution in [0.25, 0.3) is 0 Å². The zero-order valence-corrected chi connectivity index (χ0v) is 20.5. The quantitative estimate of drug-likeness (QED) is 0.577. The Morgan fingerprint density at radius 3 is 2.48 bits per heavy atom. The summed E-state index contributed by atoms with van der Waals surface area (Å²) in [6, 6.07) is 5.51. The van der Waals surface area contributed by atoms with Crippen molar-refractivity contribution in [1.82, 2.24) is 18.8 Å². The first-order valence-corrected chi connectivity index (χ1v) is 14.2. The number of hydrogen-bond donors (Lipinski definition) is 1. The minimum Gasteiger partial charge on any atom is -0.314 e. The number of likely N-dealkylation sites (N-methyl/N-ethyl adjacent to an activating group) is 1. The molecule has 0 saturated carbocycles. The third kappa shape index (κ3) is 5.85. The van der Waals surface area contributed by atoms with E-state index in [0.717, 1.165) is 31.5 Å². The lowest BCUT2D eigenvalue weighted by Crippen LogP contribution is -2.49. The summed E-state index contributed by atoms with van der Waals surface area (Å²) in [7, 11) is -7.33. The minimum atomic E-state index is -3.82. The molecule has 1 aromatic carbocycles. The van der Waals surface area contributed by atoms with Gasteiger partial charge in [-0.1, -0.05) is 19.1 Å². The molecule has 2 heterocycles. The van der Waals surface area contributed by atoms with Crippen LogP contribution in [0.5, 0.6) is 0 Å². The number of benzene rings is 1. The smallest absolute Gasteiger partial charge is 0.243 e. The van der Waals surface area contributed by atoms with Crippen molar-refractivity contribution in [1.29, 1.82) is 0 Å². The van der Waals surface area contributed by atoms with E-state index in [4.69, 9.17) is 0 Å². The summed E-state index contributed by atoms with van der Waals surface area (Å²) in [5, 5.41) is 3.15. The predicted molar refractivity (Wildman–Crippen MR) is 123 cm³/mol. The van der Waals surface area contributed by atoms with Crippen LogP contribution in [0.4, 0.5) is 0 Å². The maximum Gasteiger partial charge on any atom is 0.243 e. The first-order valence-electron chi connectivity index (χ1n) is 11.1. The molecule has 0 bridgehead atoms. The molecule has 0 amide bonds. The van der Waals surface area contributed by atoms with Crippen molar-refractivity contribution in [3.8, 4) is 0 Å². The van der Waals surface area contributed by atoms with Crippen molar-refractivity contribution < 1.29 is 16.8 Å². The molecular weight excluding hydrogens is 436 g/mol. The summed E-state index contributed by atoms with van der Waals surface area (Å²) in [5.41, 5.74) is 1.55. The van der Waals surface area contributed by atoms with E-state index in [0.29, 0.717) is 38.3 Å². The summed E-state index contributed by atoms with van der Waals surface area (Å²) >= 11 is 0. The molecule has 176 valence electrons. The summed E-state index contributed by atoms with van der Waals surface area (Å²) in [6.45, 7) is 9.95. The Labute approximate surface area is 187 Å². The van der Waals surface area contributed by atoms with Gasteiger partial charge < -0.3 is 5.32 Å². The van der Waals surface area contributed by atoms with E-state index < -0.39 is 20.0 Å². The summed E-state index contributed by atoms with van der Waals surface area (Å²) < 4.78 is 56.0. The van der Waals surface area contributed by atoms with Gasteiger partial charge in [0.1, 0.15) is 0 Å². The Morgan fingerprint density at radius 1 is 1.10 bits per heavy atom. The van der Waals surface area contributed by atoms with Crippen LogP contribution in [-0.4, -0.2) is 94.5 Å². The lowest BCUT2D eigenvalue weighted by atomic mass is 10.2. The van der Waals surface area contributed by atoms with Crippen LogP contribution in [0, 0.1) is 13.8 Å². The fourth-order valence-electron chi connectivity index (χ4n) is 4.46. The van der Waals surface area contributed by atoms with Gasteiger partial charge in [0, 0.05) is 45.3 Å². The number of sulfonamides is 2. The van der Waals surface area contributed by atoms with Gasteiger partial charge in [0.15, 0.2) is 0 Å². The van der Waals surface area contributed by atoms with E-state index in [1.807, 2.05) is 19.1 Å². The van der Waals surface area contributed by atoms with E-state index >= 15 is 0 Å². The van der Waals surface area contributed by atoms with Gasteiger partial charge in [0.25, 0.3) is 0 Å². The van der Waals surface area contributed by atoms with Gasteiger partial charge in [0.05, 0.1) is 10.6 Å². The number of hydrogen-bond acceptors (Lipinski definition) is 6. The normalized spacial score (nSPS) is 21.7. The van der Waals surface area contributed by atoms with Crippen molar-refractivity contribution in [3.05, 3.63) is 29.3 Å². The van der Waals surface area contributed by atoms with Crippen LogP contribution in [0.1, 0.15) is 30.9 Å². The molecule has 0 aromatic heterocycles. The number of nitrogens with zero attached hydrogens (tertiary/aromatic N) is 3. The van der Waals surface area contributed by atoms with Crippen LogP contribution in [0.3, 0.4) is 0 Å². The van der Waals surface area contributed by atoms with Crippen molar-refractivity contribution in [3.63, 3.8) is 0 Å². The van der Waals surface area contributed by atoms with Gasteiger partial charge in [-0.2, -0.15) is 8.61 Å². The fourth-order valence-corrected chi connectivity index (χ4v) is 7.81. The van der Waals surface area contributed by atoms with Gasteiger partial charge in [-0.05, 0) is 57.0 Å². The second-order valence-corrected chi connectivity index (χ2v) is 12.5. The van der Waals surface area contributed by atoms with Gasteiger partial charge in [-0.15, -0.1) is 0 Å². The Kier molecular flexibility index (Phi) is 8.15. The molecule has 2 aliphatic rings. The Hall–Kier alpha value is -1.04. The molecule has 2 fully saturated rings. The van der Waals surface area contributed by atoms with Crippen LogP contribution in [0.15, 0.2) is 23.1 Å². The van der Waals surface area contributed by atoms with Crippen molar-refractivity contribution in [2.24, 2.45) is 0 Å².